The molecule has 0 unspecified atom stereocenters. The van der Waals surface area contributed by atoms with E-state index in [-0.39, 0.29) is 5.97 Å². The van der Waals surface area contributed by atoms with Crippen molar-refractivity contribution in [2.75, 3.05) is 6.61 Å². The predicted octanol–water partition coefficient (Wildman–Crippen LogP) is 5.00. The smallest absolute Gasteiger partial charge is 0.306 e. The molecule has 0 heterocycles. The fraction of sp³-hybridized carbons (Fsp3) is 0.190. The van der Waals surface area contributed by atoms with Gasteiger partial charge in [0.15, 0.2) is 0 Å². The third kappa shape index (κ3) is 3.78. The molecule has 3 rings (SSSR count). The molecule has 0 saturated carbocycles. The highest BCUT2D eigenvalue weighted by Gasteiger charge is 2.04. The van der Waals surface area contributed by atoms with Gasteiger partial charge in [-0.15, -0.1) is 0 Å². The maximum Gasteiger partial charge on any atom is 0.306 e. The van der Waals surface area contributed by atoms with Gasteiger partial charge in [-0.3, -0.25) is 4.79 Å². The van der Waals surface area contributed by atoms with E-state index in [0.717, 1.165) is 12.0 Å². The zero-order chi connectivity index (χ0) is 16.1. The first-order valence-electron chi connectivity index (χ1n) is 8.00. The summed E-state index contributed by atoms with van der Waals surface area (Å²) in [5.41, 5.74) is 3.55. The minimum absolute atomic E-state index is 0.133. The minimum atomic E-state index is -0.133. The third-order valence-electron chi connectivity index (χ3n) is 3.96. The van der Waals surface area contributed by atoms with Crippen LogP contribution in [-0.2, 0) is 16.0 Å². The van der Waals surface area contributed by atoms with E-state index in [1.165, 1.54) is 21.9 Å². The highest BCUT2D eigenvalue weighted by molar-refractivity contribution is 5.87. The lowest BCUT2D eigenvalue weighted by Gasteiger charge is -2.06. The second-order valence-corrected chi connectivity index (χ2v) is 5.56. The summed E-state index contributed by atoms with van der Waals surface area (Å²) in [7, 11) is 0. The molecule has 0 atom stereocenters. The normalized spacial score (nSPS) is 10.7. The summed E-state index contributed by atoms with van der Waals surface area (Å²) in [4.78, 5) is 11.4. The van der Waals surface area contributed by atoms with Crippen LogP contribution in [0.25, 0.3) is 21.9 Å². The standard InChI is InChI=1S/C21H20O2/c1-2-23-21(22)14-9-16-7-10-18(11-8-16)20-13-12-17-5-3-4-6-19(17)15-20/h3-8,10-13,15H,2,9,14H2,1H3. The van der Waals surface area contributed by atoms with Gasteiger partial charge in [0.25, 0.3) is 0 Å². The fourth-order valence-corrected chi connectivity index (χ4v) is 2.71. The lowest BCUT2D eigenvalue weighted by molar-refractivity contribution is -0.143. The van der Waals surface area contributed by atoms with Crippen LogP contribution in [0, 0.1) is 0 Å². The first kappa shape index (κ1) is 15.3. The summed E-state index contributed by atoms with van der Waals surface area (Å²) >= 11 is 0. The van der Waals surface area contributed by atoms with Crippen molar-refractivity contribution < 1.29 is 9.53 Å². The van der Waals surface area contributed by atoms with E-state index < -0.39 is 0 Å². The van der Waals surface area contributed by atoms with Crippen LogP contribution in [0.5, 0.6) is 0 Å². The quantitative estimate of drug-likeness (QED) is 0.620. The Morgan fingerprint density at radius 1 is 0.870 bits per heavy atom. The Morgan fingerprint density at radius 2 is 1.57 bits per heavy atom. The number of ether oxygens (including phenoxy) is 1. The molecular formula is C21H20O2. The maximum atomic E-state index is 11.4. The van der Waals surface area contributed by atoms with Crippen LogP contribution in [0.15, 0.2) is 66.7 Å². The van der Waals surface area contributed by atoms with E-state index >= 15 is 0 Å². The van der Waals surface area contributed by atoms with E-state index in [4.69, 9.17) is 4.74 Å². The summed E-state index contributed by atoms with van der Waals surface area (Å²) in [6, 6.07) is 23.3. The Labute approximate surface area is 136 Å². The van der Waals surface area contributed by atoms with Crippen LogP contribution in [0.1, 0.15) is 18.9 Å². The summed E-state index contributed by atoms with van der Waals surface area (Å²) in [5.74, 6) is -0.133. The van der Waals surface area contributed by atoms with E-state index in [1.54, 1.807) is 0 Å². The van der Waals surface area contributed by atoms with Crippen LogP contribution >= 0.6 is 0 Å². The minimum Gasteiger partial charge on any atom is -0.466 e. The number of esters is 1. The Bertz CT molecular complexity index is 803. The molecule has 0 saturated heterocycles. The Hall–Kier alpha value is -2.61. The summed E-state index contributed by atoms with van der Waals surface area (Å²) in [6.07, 6.45) is 1.15. The molecular weight excluding hydrogens is 284 g/mol. The van der Waals surface area contributed by atoms with Crippen LogP contribution < -0.4 is 0 Å². The van der Waals surface area contributed by atoms with Crippen molar-refractivity contribution in [3.05, 3.63) is 72.3 Å². The molecule has 0 N–H and O–H groups in total. The van der Waals surface area contributed by atoms with Gasteiger partial charge in [-0.25, -0.2) is 0 Å². The first-order valence-corrected chi connectivity index (χ1v) is 8.00. The summed E-state index contributed by atoms with van der Waals surface area (Å²) in [6.45, 7) is 2.27. The molecule has 23 heavy (non-hydrogen) atoms. The van der Waals surface area contributed by atoms with Crippen molar-refractivity contribution in [3.63, 3.8) is 0 Å². The number of rotatable bonds is 5. The van der Waals surface area contributed by atoms with Crippen molar-refractivity contribution in [2.45, 2.75) is 19.8 Å². The molecule has 0 aliphatic carbocycles. The lowest BCUT2D eigenvalue weighted by atomic mass is 9.99. The van der Waals surface area contributed by atoms with E-state index in [1.807, 2.05) is 6.92 Å². The van der Waals surface area contributed by atoms with Gasteiger partial charge in [0, 0.05) is 6.42 Å². The number of carbonyl (C=O) groups excluding carboxylic acids is 1. The first-order chi connectivity index (χ1) is 11.3. The molecule has 2 heteroatoms. The average Bonchev–Trinajstić information content (AvgIpc) is 2.60. The molecule has 0 aromatic heterocycles. The largest absolute Gasteiger partial charge is 0.466 e. The molecule has 3 aromatic rings. The molecule has 0 aliphatic rings. The van der Waals surface area contributed by atoms with Gasteiger partial charge in [0.05, 0.1) is 6.61 Å². The topological polar surface area (TPSA) is 26.3 Å². The average molecular weight is 304 g/mol. The van der Waals surface area contributed by atoms with Crippen molar-refractivity contribution >= 4 is 16.7 Å². The van der Waals surface area contributed by atoms with Crippen molar-refractivity contribution in [3.8, 4) is 11.1 Å². The number of fused-ring (bicyclic) bond motifs is 1. The van der Waals surface area contributed by atoms with Gasteiger partial charge in [-0.2, -0.15) is 0 Å². The van der Waals surface area contributed by atoms with Crippen LogP contribution in [0.3, 0.4) is 0 Å². The molecule has 0 fully saturated rings. The molecule has 0 bridgehead atoms. The number of aryl methyl sites for hydroxylation is 1. The maximum absolute atomic E-state index is 11.4. The Kier molecular flexibility index (Phi) is 4.72. The van der Waals surface area contributed by atoms with E-state index in [9.17, 15) is 4.79 Å². The monoisotopic (exact) mass is 304 g/mol. The van der Waals surface area contributed by atoms with Crippen LogP contribution in [0.4, 0.5) is 0 Å². The zero-order valence-electron chi connectivity index (χ0n) is 13.3. The van der Waals surface area contributed by atoms with Crippen LogP contribution in [0.2, 0.25) is 0 Å². The molecule has 2 nitrogen and oxygen atoms in total. The lowest BCUT2D eigenvalue weighted by Crippen LogP contribution is -2.05. The second kappa shape index (κ2) is 7.10. The fourth-order valence-electron chi connectivity index (χ4n) is 2.71. The highest BCUT2D eigenvalue weighted by Crippen LogP contribution is 2.25. The highest BCUT2D eigenvalue weighted by atomic mass is 16.5. The molecule has 3 aromatic carbocycles. The zero-order valence-corrected chi connectivity index (χ0v) is 13.3. The van der Waals surface area contributed by atoms with Crippen molar-refractivity contribution in [1.82, 2.24) is 0 Å². The van der Waals surface area contributed by atoms with E-state index in [0.29, 0.717) is 13.0 Å². The molecule has 116 valence electrons. The Morgan fingerprint density at radius 3 is 2.30 bits per heavy atom. The predicted molar refractivity (Wildman–Crippen MR) is 94.3 cm³/mol. The van der Waals surface area contributed by atoms with Gasteiger partial charge in [-0.1, -0.05) is 60.7 Å². The molecule has 0 radical (unpaired) electrons. The van der Waals surface area contributed by atoms with Gasteiger partial charge in [0.2, 0.25) is 0 Å². The Balaban J connectivity index is 1.74. The number of hydrogen-bond donors (Lipinski definition) is 0. The summed E-state index contributed by atoms with van der Waals surface area (Å²) < 4.78 is 4.96. The number of carbonyl (C=O) groups is 1. The molecule has 0 spiro atoms. The van der Waals surface area contributed by atoms with Crippen molar-refractivity contribution in [1.29, 1.82) is 0 Å². The number of benzene rings is 3. The third-order valence-corrected chi connectivity index (χ3v) is 3.96. The molecule has 0 amide bonds. The van der Waals surface area contributed by atoms with Gasteiger partial charge < -0.3 is 4.74 Å². The molecule has 0 aliphatic heterocycles. The second-order valence-electron chi connectivity index (χ2n) is 5.56. The van der Waals surface area contributed by atoms with Gasteiger partial charge in [-0.05, 0) is 46.9 Å². The van der Waals surface area contributed by atoms with Crippen LogP contribution in [-0.4, -0.2) is 12.6 Å². The van der Waals surface area contributed by atoms with E-state index in [2.05, 4.69) is 66.7 Å². The van der Waals surface area contributed by atoms with Crippen molar-refractivity contribution in [2.24, 2.45) is 0 Å². The van der Waals surface area contributed by atoms with Gasteiger partial charge >= 0.3 is 5.97 Å². The number of hydrogen-bond acceptors (Lipinski definition) is 2. The summed E-state index contributed by atoms with van der Waals surface area (Å²) in [5, 5.41) is 2.50. The SMILES string of the molecule is CCOC(=O)CCc1ccc(-c2ccc3ccccc3c2)cc1. The van der Waals surface area contributed by atoms with Gasteiger partial charge in [0.1, 0.15) is 0 Å².